The molecule has 0 aliphatic carbocycles. The number of anilines is 1. The van der Waals surface area contributed by atoms with E-state index in [2.05, 4.69) is 0 Å². The number of methoxy groups -OCH3 is 1. The molecule has 1 amide bonds. The van der Waals surface area contributed by atoms with Crippen LogP contribution in [0.2, 0.25) is 0 Å². The molecular weight excluding hydrogens is 436 g/mol. The molecule has 1 aliphatic rings. The Hall–Kier alpha value is -3.16. The highest BCUT2D eigenvalue weighted by Gasteiger charge is 2.30. The molecule has 1 aromatic heterocycles. The number of nitrogens with zero attached hydrogens (tertiary/aromatic N) is 2. The maximum atomic E-state index is 14.2. The van der Waals surface area contributed by atoms with Crippen LogP contribution in [0.3, 0.4) is 0 Å². The van der Waals surface area contributed by atoms with Gasteiger partial charge >= 0.3 is 0 Å². The fourth-order valence-electron chi connectivity index (χ4n) is 4.26. The summed E-state index contributed by atoms with van der Waals surface area (Å²) in [6, 6.07) is 17.6. The van der Waals surface area contributed by atoms with Crippen molar-refractivity contribution in [2.24, 2.45) is 0 Å². The molecule has 0 radical (unpaired) electrons. The van der Waals surface area contributed by atoms with Gasteiger partial charge in [0.2, 0.25) is 0 Å². The first-order valence-corrected chi connectivity index (χ1v) is 12.0. The molecule has 4 aromatic rings. The number of benzene rings is 3. The molecule has 0 spiro atoms. The van der Waals surface area contributed by atoms with Crippen molar-refractivity contribution in [2.75, 3.05) is 31.8 Å². The van der Waals surface area contributed by atoms with Gasteiger partial charge in [-0.2, -0.15) is 0 Å². The summed E-state index contributed by atoms with van der Waals surface area (Å²) in [5.74, 6) is 1.20. The van der Waals surface area contributed by atoms with Crippen LogP contribution < -0.4 is 14.4 Å². The molecule has 5 rings (SSSR count). The summed E-state index contributed by atoms with van der Waals surface area (Å²) in [7, 11) is 1.64. The van der Waals surface area contributed by atoms with E-state index in [1.807, 2.05) is 61.5 Å². The van der Waals surface area contributed by atoms with Crippen LogP contribution >= 0.6 is 11.3 Å². The molecule has 1 fully saturated rings. The van der Waals surface area contributed by atoms with Gasteiger partial charge in [0.15, 0.2) is 5.13 Å². The number of rotatable bonds is 7. The van der Waals surface area contributed by atoms with Crippen molar-refractivity contribution in [3.05, 3.63) is 60.2 Å². The average Bonchev–Trinajstić information content (AvgIpc) is 3.51. The number of hydrogen-bond acceptors (Lipinski definition) is 6. The molecule has 0 bridgehead atoms. The Morgan fingerprint density at radius 1 is 1.21 bits per heavy atom. The van der Waals surface area contributed by atoms with Gasteiger partial charge in [0, 0.05) is 12.7 Å². The van der Waals surface area contributed by atoms with Crippen molar-refractivity contribution in [1.29, 1.82) is 0 Å². The number of fused-ring (bicyclic) bond motifs is 2. The average molecular weight is 463 g/mol. The van der Waals surface area contributed by atoms with Crippen molar-refractivity contribution in [2.45, 2.75) is 25.9 Å². The molecule has 170 valence electrons. The standard InChI is InChI=1S/C26H26N2O4S/c1-3-31-22-12-10-17-7-4-5-9-20(17)24(22)25(29)28(16-19-8-6-14-32-19)26-27-21-15-18(30-2)11-13-23(21)33-26/h4-5,7,9-13,15,19H,3,6,8,14,16H2,1-2H3. The van der Waals surface area contributed by atoms with E-state index >= 15 is 0 Å². The highest BCUT2D eigenvalue weighted by Crippen LogP contribution is 2.35. The highest BCUT2D eigenvalue weighted by atomic mass is 32.1. The molecule has 2 heterocycles. The van der Waals surface area contributed by atoms with Crippen LogP contribution in [0, 0.1) is 0 Å². The van der Waals surface area contributed by atoms with E-state index in [-0.39, 0.29) is 12.0 Å². The number of amides is 1. The van der Waals surface area contributed by atoms with Crippen molar-refractivity contribution < 1.29 is 19.0 Å². The van der Waals surface area contributed by atoms with Gasteiger partial charge in [0.1, 0.15) is 11.5 Å². The van der Waals surface area contributed by atoms with E-state index in [0.29, 0.717) is 29.6 Å². The second kappa shape index (κ2) is 9.37. The summed E-state index contributed by atoms with van der Waals surface area (Å²) in [5.41, 5.74) is 1.37. The van der Waals surface area contributed by atoms with E-state index in [9.17, 15) is 4.79 Å². The number of carbonyl (C=O) groups is 1. The fraction of sp³-hybridized carbons (Fsp3) is 0.308. The summed E-state index contributed by atoms with van der Waals surface area (Å²) >= 11 is 1.50. The van der Waals surface area contributed by atoms with Crippen molar-refractivity contribution >= 4 is 43.4 Å². The Morgan fingerprint density at radius 2 is 2.09 bits per heavy atom. The molecule has 3 aromatic carbocycles. The van der Waals surface area contributed by atoms with Gasteiger partial charge in [-0.1, -0.05) is 41.7 Å². The number of aromatic nitrogens is 1. The normalized spacial score (nSPS) is 15.8. The van der Waals surface area contributed by atoms with E-state index in [1.165, 1.54) is 11.3 Å². The number of ether oxygens (including phenoxy) is 3. The van der Waals surface area contributed by atoms with Gasteiger partial charge < -0.3 is 14.2 Å². The molecule has 6 nitrogen and oxygen atoms in total. The smallest absolute Gasteiger partial charge is 0.264 e. The highest BCUT2D eigenvalue weighted by molar-refractivity contribution is 7.22. The SMILES string of the molecule is CCOc1ccc2ccccc2c1C(=O)N(CC1CCCO1)c1nc2cc(OC)ccc2s1. The Labute approximate surface area is 196 Å². The van der Waals surface area contributed by atoms with Crippen LogP contribution in [0.15, 0.2) is 54.6 Å². The van der Waals surface area contributed by atoms with Crippen LogP contribution in [-0.4, -0.2) is 43.9 Å². The zero-order valence-electron chi connectivity index (χ0n) is 18.7. The lowest BCUT2D eigenvalue weighted by molar-refractivity contribution is 0.0916. The quantitative estimate of drug-likeness (QED) is 0.353. The maximum Gasteiger partial charge on any atom is 0.264 e. The lowest BCUT2D eigenvalue weighted by Crippen LogP contribution is -2.37. The monoisotopic (exact) mass is 462 g/mol. The number of thiazole rings is 1. The van der Waals surface area contributed by atoms with Crippen LogP contribution in [0.5, 0.6) is 11.5 Å². The van der Waals surface area contributed by atoms with Gasteiger partial charge in [-0.05, 0) is 48.7 Å². The first-order chi connectivity index (χ1) is 16.2. The molecule has 0 N–H and O–H groups in total. The van der Waals surface area contributed by atoms with Gasteiger partial charge in [-0.3, -0.25) is 9.69 Å². The van der Waals surface area contributed by atoms with Crippen LogP contribution in [0.25, 0.3) is 21.0 Å². The zero-order valence-corrected chi connectivity index (χ0v) is 19.6. The molecule has 1 atom stereocenters. The molecule has 0 saturated carbocycles. The van der Waals surface area contributed by atoms with Crippen molar-refractivity contribution in [3.8, 4) is 11.5 Å². The van der Waals surface area contributed by atoms with Gasteiger partial charge in [-0.15, -0.1) is 0 Å². The predicted molar refractivity (Wildman–Crippen MR) is 132 cm³/mol. The Bertz CT molecular complexity index is 1300. The maximum absolute atomic E-state index is 14.2. The summed E-state index contributed by atoms with van der Waals surface area (Å²) in [4.78, 5) is 20.7. The number of hydrogen-bond donors (Lipinski definition) is 0. The van der Waals surface area contributed by atoms with E-state index in [0.717, 1.165) is 46.2 Å². The van der Waals surface area contributed by atoms with Gasteiger partial charge in [0.05, 0.1) is 42.1 Å². The minimum absolute atomic E-state index is 0.0129. The van der Waals surface area contributed by atoms with Crippen molar-refractivity contribution in [3.63, 3.8) is 0 Å². The first kappa shape index (κ1) is 21.7. The second-order valence-corrected chi connectivity index (χ2v) is 8.98. The fourth-order valence-corrected chi connectivity index (χ4v) is 5.21. The molecule has 7 heteroatoms. The molecule has 1 saturated heterocycles. The first-order valence-electron chi connectivity index (χ1n) is 11.2. The Morgan fingerprint density at radius 3 is 2.88 bits per heavy atom. The second-order valence-electron chi connectivity index (χ2n) is 7.97. The third kappa shape index (κ3) is 4.26. The summed E-state index contributed by atoms with van der Waals surface area (Å²) in [6.45, 7) is 3.58. The molecule has 33 heavy (non-hydrogen) atoms. The van der Waals surface area contributed by atoms with E-state index < -0.39 is 0 Å². The molecule has 1 unspecified atom stereocenters. The predicted octanol–water partition coefficient (Wildman–Crippen LogP) is 5.68. The lowest BCUT2D eigenvalue weighted by Gasteiger charge is -2.24. The number of carbonyl (C=O) groups excluding carboxylic acids is 1. The zero-order chi connectivity index (χ0) is 22.8. The Balaban J connectivity index is 1.63. The van der Waals surface area contributed by atoms with Gasteiger partial charge in [0.25, 0.3) is 5.91 Å². The lowest BCUT2D eigenvalue weighted by atomic mass is 10.0. The van der Waals surface area contributed by atoms with Crippen LogP contribution in [0.4, 0.5) is 5.13 Å². The van der Waals surface area contributed by atoms with Crippen molar-refractivity contribution in [1.82, 2.24) is 4.98 Å². The van der Waals surface area contributed by atoms with Crippen LogP contribution in [-0.2, 0) is 4.74 Å². The summed E-state index contributed by atoms with van der Waals surface area (Å²) < 4.78 is 18.2. The van der Waals surface area contributed by atoms with E-state index in [1.54, 1.807) is 12.0 Å². The van der Waals surface area contributed by atoms with Gasteiger partial charge in [-0.25, -0.2) is 4.98 Å². The Kier molecular flexibility index (Phi) is 6.15. The van der Waals surface area contributed by atoms with Crippen LogP contribution in [0.1, 0.15) is 30.1 Å². The topological polar surface area (TPSA) is 60.9 Å². The minimum atomic E-state index is -0.128. The third-order valence-electron chi connectivity index (χ3n) is 5.87. The van der Waals surface area contributed by atoms with E-state index in [4.69, 9.17) is 19.2 Å². The largest absolute Gasteiger partial charge is 0.497 e. The molecular formula is C26H26N2O4S. The summed E-state index contributed by atoms with van der Waals surface area (Å²) in [6.07, 6.45) is 1.92. The summed E-state index contributed by atoms with van der Waals surface area (Å²) in [5, 5.41) is 2.51. The minimum Gasteiger partial charge on any atom is -0.497 e. The molecule has 1 aliphatic heterocycles. The third-order valence-corrected chi connectivity index (χ3v) is 6.93.